The van der Waals surface area contributed by atoms with Crippen LogP contribution in [0, 0.1) is 0 Å². The van der Waals surface area contributed by atoms with Gasteiger partial charge in [-0.3, -0.25) is 4.79 Å². The predicted molar refractivity (Wildman–Crippen MR) is 70.2 cm³/mol. The summed E-state index contributed by atoms with van der Waals surface area (Å²) in [5.74, 6) is 0.213. The summed E-state index contributed by atoms with van der Waals surface area (Å²) in [4.78, 5) is 19.3. The number of nitrogens with two attached hydrogens (primary N) is 1. The van der Waals surface area contributed by atoms with Crippen molar-refractivity contribution in [2.75, 3.05) is 11.1 Å². The molecule has 0 saturated heterocycles. The van der Waals surface area contributed by atoms with E-state index >= 15 is 0 Å². The Hall–Kier alpha value is -2.14. The molecular formula is C12H11ClN4O. The average molecular weight is 263 g/mol. The second-order valence-corrected chi connectivity index (χ2v) is 4.02. The number of nitrogens with zero attached hydrogens (tertiary/aromatic N) is 2. The highest BCUT2D eigenvalue weighted by atomic mass is 35.5. The van der Waals surface area contributed by atoms with Crippen LogP contribution in [0.2, 0.25) is 5.28 Å². The molecule has 1 heterocycles. The standard InChI is InChI=1S/C12H11ClN4O/c13-12-15-6-5-10(17-12)16-11(18)7-8-1-3-9(14)4-2-8/h1-6H,7,14H2,(H,15,16,17,18). The Kier molecular flexibility index (Phi) is 3.74. The van der Waals surface area contributed by atoms with Crippen LogP contribution >= 0.6 is 11.6 Å². The molecule has 5 nitrogen and oxygen atoms in total. The molecule has 18 heavy (non-hydrogen) atoms. The molecule has 0 aliphatic carbocycles. The lowest BCUT2D eigenvalue weighted by atomic mass is 10.1. The molecule has 0 aliphatic rings. The predicted octanol–water partition coefficient (Wildman–Crippen LogP) is 1.89. The van der Waals surface area contributed by atoms with Gasteiger partial charge >= 0.3 is 0 Å². The van der Waals surface area contributed by atoms with Crippen molar-refractivity contribution in [3.8, 4) is 0 Å². The normalized spacial score (nSPS) is 10.1. The van der Waals surface area contributed by atoms with Crippen molar-refractivity contribution in [2.45, 2.75) is 6.42 Å². The van der Waals surface area contributed by atoms with E-state index in [0.717, 1.165) is 5.56 Å². The lowest BCUT2D eigenvalue weighted by molar-refractivity contribution is -0.115. The van der Waals surface area contributed by atoms with Gasteiger partial charge in [0, 0.05) is 11.9 Å². The number of rotatable bonds is 3. The van der Waals surface area contributed by atoms with Crippen LogP contribution in [0.25, 0.3) is 0 Å². The summed E-state index contributed by atoms with van der Waals surface area (Å²) in [5, 5.41) is 2.74. The van der Waals surface area contributed by atoms with E-state index in [2.05, 4.69) is 15.3 Å². The van der Waals surface area contributed by atoms with Crippen molar-refractivity contribution in [3.05, 3.63) is 47.4 Å². The van der Waals surface area contributed by atoms with E-state index in [1.54, 1.807) is 18.2 Å². The molecule has 0 spiro atoms. The first kappa shape index (κ1) is 12.3. The third-order valence-corrected chi connectivity index (χ3v) is 2.42. The van der Waals surface area contributed by atoms with Gasteiger partial charge in [-0.2, -0.15) is 0 Å². The SMILES string of the molecule is Nc1ccc(CC(=O)Nc2ccnc(Cl)n2)cc1. The molecule has 0 atom stereocenters. The Labute approximate surface area is 109 Å². The highest BCUT2D eigenvalue weighted by Crippen LogP contribution is 2.09. The summed E-state index contributed by atoms with van der Waals surface area (Å²) in [5.41, 5.74) is 7.11. The van der Waals surface area contributed by atoms with E-state index in [4.69, 9.17) is 17.3 Å². The lowest BCUT2D eigenvalue weighted by Gasteiger charge is -2.04. The number of benzene rings is 1. The van der Waals surface area contributed by atoms with Gasteiger partial charge < -0.3 is 11.1 Å². The fourth-order valence-electron chi connectivity index (χ4n) is 1.41. The number of carbonyl (C=O) groups is 1. The lowest BCUT2D eigenvalue weighted by Crippen LogP contribution is -2.15. The van der Waals surface area contributed by atoms with Crippen LogP contribution in [0.5, 0.6) is 0 Å². The number of halogens is 1. The molecule has 2 rings (SSSR count). The summed E-state index contributed by atoms with van der Waals surface area (Å²) in [6.07, 6.45) is 1.73. The number of nitrogen functional groups attached to an aromatic ring is 1. The minimum absolute atomic E-state index is 0.0975. The maximum atomic E-state index is 11.7. The molecule has 0 unspecified atom stereocenters. The molecule has 0 fully saturated rings. The highest BCUT2D eigenvalue weighted by molar-refractivity contribution is 6.28. The molecule has 1 aromatic heterocycles. The third kappa shape index (κ3) is 3.43. The molecule has 2 aromatic rings. The highest BCUT2D eigenvalue weighted by Gasteiger charge is 2.05. The van der Waals surface area contributed by atoms with Crippen molar-refractivity contribution >= 4 is 29.0 Å². The van der Waals surface area contributed by atoms with Crippen LogP contribution in [0.3, 0.4) is 0 Å². The second-order valence-electron chi connectivity index (χ2n) is 3.68. The van der Waals surface area contributed by atoms with Gasteiger partial charge in [-0.05, 0) is 35.4 Å². The summed E-state index contributed by atoms with van der Waals surface area (Å²) < 4.78 is 0. The van der Waals surface area contributed by atoms with Crippen molar-refractivity contribution in [3.63, 3.8) is 0 Å². The first-order valence-electron chi connectivity index (χ1n) is 5.26. The number of hydrogen-bond acceptors (Lipinski definition) is 4. The van der Waals surface area contributed by atoms with Gasteiger partial charge in [0.2, 0.25) is 11.2 Å². The zero-order valence-electron chi connectivity index (χ0n) is 9.43. The molecule has 3 N–H and O–H groups in total. The Morgan fingerprint density at radius 2 is 2.00 bits per heavy atom. The molecule has 0 bridgehead atoms. The van der Waals surface area contributed by atoms with Crippen LogP contribution < -0.4 is 11.1 Å². The van der Waals surface area contributed by atoms with Crippen LogP contribution in [0.1, 0.15) is 5.56 Å². The molecule has 92 valence electrons. The number of hydrogen-bond donors (Lipinski definition) is 2. The fourth-order valence-corrected chi connectivity index (χ4v) is 1.56. The summed E-state index contributed by atoms with van der Waals surface area (Å²) in [7, 11) is 0. The van der Waals surface area contributed by atoms with Crippen molar-refractivity contribution in [1.29, 1.82) is 0 Å². The van der Waals surface area contributed by atoms with Gasteiger partial charge in [0.05, 0.1) is 6.42 Å². The minimum atomic E-state index is -0.172. The summed E-state index contributed by atoms with van der Waals surface area (Å²) in [6, 6.07) is 8.70. The van der Waals surface area contributed by atoms with E-state index in [0.29, 0.717) is 11.5 Å². The maximum Gasteiger partial charge on any atom is 0.229 e. The van der Waals surface area contributed by atoms with E-state index in [1.165, 1.54) is 6.20 Å². The number of carbonyl (C=O) groups excluding carboxylic acids is 1. The Bertz CT molecular complexity index is 556. The van der Waals surface area contributed by atoms with Crippen molar-refractivity contribution < 1.29 is 4.79 Å². The van der Waals surface area contributed by atoms with Gasteiger partial charge in [0.1, 0.15) is 5.82 Å². The van der Waals surface area contributed by atoms with E-state index in [9.17, 15) is 4.79 Å². The van der Waals surface area contributed by atoms with Crippen molar-refractivity contribution in [2.24, 2.45) is 0 Å². The van der Waals surface area contributed by atoms with Crippen LogP contribution in [-0.4, -0.2) is 15.9 Å². The van der Waals surface area contributed by atoms with Crippen LogP contribution in [-0.2, 0) is 11.2 Å². The number of nitrogens with one attached hydrogen (secondary N) is 1. The van der Waals surface area contributed by atoms with E-state index < -0.39 is 0 Å². The first-order valence-corrected chi connectivity index (χ1v) is 5.64. The number of anilines is 2. The van der Waals surface area contributed by atoms with E-state index in [-0.39, 0.29) is 17.6 Å². The van der Waals surface area contributed by atoms with Crippen molar-refractivity contribution in [1.82, 2.24) is 9.97 Å². The topological polar surface area (TPSA) is 80.9 Å². The maximum absolute atomic E-state index is 11.7. The quantitative estimate of drug-likeness (QED) is 0.654. The molecule has 6 heteroatoms. The molecular weight excluding hydrogens is 252 g/mol. The van der Waals surface area contributed by atoms with Gasteiger partial charge in [-0.1, -0.05) is 12.1 Å². The summed E-state index contributed by atoms with van der Waals surface area (Å²) in [6.45, 7) is 0. The van der Waals surface area contributed by atoms with Gasteiger partial charge in [0.25, 0.3) is 0 Å². The monoisotopic (exact) mass is 262 g/mol. The summed E-state index contributed by atoms with van der Waals surface area (Å²) >= 11 is 5.62. The van der Waals surface area contributed by atoms with Gasteiger partial charge in [-0.15, -0.1) is 0 Å². The molecule has 0 radical (unpaired) electrons. The van der Waals surface area contributed by atoms with Crippen LogP contribution in [0.4, 0.5) is 11.5 Å². The zero-order valence-corrected chi connectivity index (χ0v) is 10.2. The second kappa shape index (κ2) is 5.46. The largest absolute Gasteiger partial charge is 0.399 e. The van der Waals surface area contributed by atoms with Gasteiger partial charge in [0.15, 0.2) is 0 Å². The van der Waals surface area contributed by atoms with E-state index in [1.807, 2.05) is 12.1 Å². The Morgan fingerprint density at radius 3 is 2.67 bits per heavy atom. The molecule has 1 aromatic carbocycles. The Balaban J connectivity index is 1.98. The average Bonchev–Trinajstić information content (AvgIpc) is 2.32. The van der Waals surface area contributed by atoms with Crippen LogP contribution in [0.15, 0.2) is 36.5 Å². The molecule has 1 amide bonds. The third-order valence-electron chi connectivity index (χ3n) is 2.24. The Morgan fingerprint density at radius 1 is 1.28 bits per heavy atom. The van der Waals surface area contributed by atoms with Gasteiger partial charge in [-0.25, -0.2) is 9.97 Å². The number of amides is 1. The molecule has 0 saturated carbocycles. The number of aromatic nitrogens is 2. The fraction of sp³-hybridized carbons (Fsp3) is 0.0833. The smallest absolute Gasteiger partial charge is 0.229 e. The minimum Gasteiger partial charge on any atom is -0.399 e. The molecule has 0 aliphatic heterocycles. The zero-order chi connectivity index (χ0) is 13.0. The first-order chi connectivity index (χ1) is 8.63.